The summed E-state index contributed by atoms with van der Waals surface area (Å²) < 4.78 is 5.44. The average molecular weight is 332 g/mol. The van der Waals surface area contributed by atoms with E-state index in [-0.39, 0.29) is 5.92 Å². The van der Waals surface area contributed by atoms with Crippen molar-refractivity contribution in [1.29, 1.82) is 0 Å². The minimum Gasteiger partial charge on any atom is -0.491 e. The molecule has 0 bridgehead atoms. The normalized spacial score (nSPS) is 18.7. The largest absolute Gasteiger partial charge is 0.491 e. The van der Waals surface area contributed by atoms with Gasteiger partial charge < -0.3 is 14.7 Å². The molecule has 1 aliphatic heterocycles. The van der Waals surface area contributed by atoms with E-state index in [2.05, 4.69) is 11.8 Å². The van der Waals surface area contributed by atoms with Crippen LogP contribution in [0.2, 0.25) is 5.02 Å². The number of alkyl halides is 1. The Hall–Kier alpha value is -0.480. The van der Waals surface area contributed by atoms with Gasteiger partial charge in [-0.1, -0.05) is 24.6 Å². The Bertz CT molecular complexity index is 450. The lowest BCUT2D eigenvalue weighted by Gasteiger charge is -2.25. The molecule has 1 N–H and O–H groups in total. The molecule has 3 nitrogen and oxygen atoms in total. The number of hydrogen-bond donors (Lipinski definition) is 1. The van der Waals surface area contributed by atoms with Crippen LogP contribution in [0.1, 0.15) is 31.4 Å². The quantitative estimate of drug-likeness (QED) is 0.773. The lowest BCUT2D eigenvalue weighted by molar-refractivity contribution is 0.0945. The second-order valence-electron chi connectivity index (χ2n) is 5.66. The maximum absolute atomic E-state index is 10.5. The first-order valence-corrected chi connectivity index (χ1v) is 8.41. The molecule has 0 aromatic heterocycles. The van der Waals surface area contributed by atoms with Crippen LogP contribution in [0.5, 0.6) is 5.75 Å². The Morgan fingerprint density at radius 2 is 2.05 bits per heavy atom. The van der Waals surface area contributed by atoms with Crippen molar-refractivity contribution in [2.24, 2.45) is 5.92 Å². The molecule has 21 heavy (non-hydrogen) atoms. The van der Waals surface area contributed by atoms with Crippen molar-refractivity contribution in [3.8, 4) is 5.75 Å². The summed E-state index contributed by atoms with van der Waals surface area (Å²) in [6, 6.07) is 5.47. The summed E-state index contributed by atoms with van der Waals surface area (Å²) in [4.78, 5) is 2.41. The fourth-order valence-electron chi connectivity index (χ4n) is 2.77. The predicted molar refractivity (Wildman–Crippen MR) is 87.5 cm³/mol. The van der Waals surface area contributed by atoms with Crippen LogP contribution in [0.25, 0.3) is 0 Å². The fourth-order valence-corrected chi connectivity index (χ4v) is 3.09. The van der Waals surface area contributed by atoms with E-state index < -0.39 is 6.10 Å². The highest BCUT2D eigenvalue weighted by Crippen LogP contribution is 2.31. The number of rotatable bonds is 7. The molecule has 2 rings (SSSR count). The molecule has 0 radical (unpaired) electrons. The smallest absolute Gasteiger partial charge is 0.137 e. The van der Waals surface area contributed by atoms with Crippen LogP contribution < -0.4 is 4.74 Å². The maximum atomic E-state index is 10.5. The fraction of sp³-hybridized carbons (Fsp3) is 0.625. The predicted octanol–water partition coefficient (Wildman–Crippen LogP) is 3.72. The number of hydrogen-bond acceptors (Lipinski definition) is 3. The van der Waals surface area contributed by atoms with E-state index >= 15 is 0 Å². The Kier molecular flexibility index (Phi) is 6.62. The molecule has 1 aromatic carbocycles. The van der Waals surface area contributed by atoms with E-state index in [1.807, 2.05) is 6.07 Å². The van der Waals surface area contributed by atoms with Crippen molar-refractivity contribution in [3.05, 3.63) is 28.8 Å². The van der Waals surface area contributed by atoms with Crippen LogP contribution in [0.15, 0.2) is 18.2 Å². The molecule has 0 spiro atoms. The van der Waals surface area contributed by atoms with Gasteiger partial charge in [-0.25, -0.2) is 0 Å². The Morgan fingerprint density at radius 3 is 2.67 bits per heavy atom. The third-order valence-electron chi connectivity index (χ3n) is 3.92. The van der Waals surface area contributed by atoms with E-state index in [0.29, 0.717) is 23.3 Å². The van der Waals surface area contributed by atoms with Crippen LogP contribution in [0.4, 0.5) is 0 Å². The van der Waals surface area contributed by atoms with E-state index in [1.54, 1.807) is 12.1 Å². The standard InChI is InChI=1S/C16H23Cl2NO2/c1-12(11-19-7-2-3-8-19)16(20)13-4-5-15(14(18)10-13)21-9-6-17/h4-5,10,12,16,20H,2-3,6-9,11H2,1H3/t12-,16?/m1/s1. The van der Waals surface area contributed by atoms with Crippen molar-refractivity contribution in [2.45, 2.75) is 25.9 Å². The summed E-state index contributed by atoms with van der Waals surface area (Å²) in [6.07, 6.45) is 2.02. The summed E-state index contributed by atoms with van der Waals surface area (Å²) in [6.45, 7) is 5.71. The molecule has 0 aliphatic carbocycles. The number of halogens is 2. The zero-order valence-corrected chi connectivity index (χ0v) is 13.9. The zero-order valence-electron chi connectivity index (χ0n) is 12.4. The Morgan fingerprint density at radius 1 is 1.33 bits per heavy atom. The van der Waals surface area contributed by atoms with Crippen LogP contribution in [-0.2, 0) is 0 Å². The third-order valence-corrected chi connectivity index (χ3v) is 4.37. The number of nitrogens with zero attached hydrogens (tertiary/aromatic N) is 1. The highest BCUT2D eigenvalue weighted by molar-refractivity contribution is 6.32. The average Bonchev–Trinajstić information content (AvgIpc) is 2.98. The number of benzene rings is 1. The molecule has 0 amide bonds. The minimum absolute atomic E-state index is 0.175. The monoisotopic (exact) mass is 331 g/mol. The van der Waals surface area contributed by atoms with Gasteiger partial charge in [-0.05, 0) is 49.5 Å². The first-order valence-electron chi connectivity index (χ1n) is 7.50. The molecule has 1 unspecified atom stereocenters. The van der Waals surface area contributed by atoms with Crippen LogP contribution in [0.3, 0.4) is 0 Å². The number of aliphatic hydroxyl groups is 1. The Balaban J connectivity index is 1.97. The molecule has 1 saturated heterocycles. The van der Waals surface area contributed by atoms with Gasteiger partial charge in [-0.2, -0.15) is 0 Å². The van der Waals surface area contributed by atoms with Gasteiger partial charge in [-0.3, -0.25) is 0 Å². The lowest BCUT2D eigenvalue weighted by atomic mass is 9.97. The van der Waals surface area contributed by atoms with Gasteiger partial charge in [0.15, 0.2) is 0 Å². The van der Waals surface area contributed by atoms with Crippen LogP contribution >= 0.6 is 23.2 Å². The molecule has 1 aliphatic rings. The summed E-state index contributed by atoms with van der Waals surface area (Å²) in [5.41, 5.74) is 0.838. The zero-order chi connectivity index (χ0) is 15.2. The number of ether oxygens (including phenoxy) is 1. The van der Waals surface area contributed by atoms with Gasteiger partial charge >= 0.3 is 0 Å². The lowest BCUT2D eigenvalue weighted by Crippen LogP contribution is -2.28. The van der Waals surface area contributed by atoms with E-state index in [9.17, 15) is 5.11 Å². The van der Waals surface area contributed by atoms with E-state index in [4.69, 9.17) is 27.9 Å². The van der Waals surface area contributed by atoms with Crippen molar-refractivity contribution >= 4 is 23.2 Å². The molecule has 1 fully saturated rings. The van der Waals surface area contributed by atoms with Gasteiger partial charge in [-0.15, -0.1) is 11.6 Å². The molecule has 2 atom stereocenters. The molecular weight excluding hydrogens is 309 g/mol. The first-order chi connectivity index (χ1) is 10.1. The van der Waals surface area contributed by atoms with Gasteiger partial charge in [0, 0.05) is 6.54 Å². The van der Waals surface area contributed by atoms with Crippen LogP contribution in [0, 0.1) is 5.92 Å². The summed E-state index contributed by atoms with van der Waals surface area (Å²) in [5, 5.41) is 11.0. The molecule has 1 heterocycles. The first kappa shape index (κ1) is 16.9. The molecule has 1 aromatic rings. The topological polar surface area (TPSA) is 32.7 Å². The molecular formula is C16H23Cl2NO2. The van der Waals surface area contributed by atoms with Gasteiger partial charge in [0.2, 0.25) is 0 Å². The van der Waals surface area contributed by atoms with Crippen molar-refractivity contribution < 1.29 is 9.84 Å². The Labute approximate surface area is 136 Å². The van der Waals surface area contributed by atoms with Crippen LogP contribution in [-0.4, -0.2) is 42.1 Å². The van der Waals surface area contributed by atoms with E-state index in [1.165, 1.54) is 12.8 Å². The highest BCUT2D eigenvalue weighted by atomic mass is 35.5. The minimum atomic E-state index is -0.509. The van der Waals surface area contributed by atoms with Gasteiger partial charge in [0.1, 0.15) is 12.4 Å². The van der Waals surface area contributed by atoms with E-state index in [0.717, 1.165) is 25.2 Å². The summed E-state index contributed by atoms with van der Waals surface area (Å²) >= 11 is 11.8. The second kappa shape index (κ2) is 8.23. The van der Waals surface area contributed by atoms with Crippen molar-refractivity contribution in [3.63, 3.8) is 0 Å². The number of likely N-dealkylation sites (tertiary alicyclic amines) is 1. The molecule has 118 valence electrons. The van der Waals surface area contributed by atoms with Gasteiger partial charge in [0.05, 0.1) is 17.0 Å². The molecule has 5 heteroatoms. The van der Waals surface area contributed by atoms with Crippen molar-refractivity contribution in [1.82, 2.24) is 4.90 Å². The maximum Gasteiger partial charge on any atom is 0.137 e. The summed E-state index contributed by atoms with van der Waals surface area (Å²) in [7, 11) is 0. The number of aliphatic hydroxyl groups excluding tert-OH is 1. The second-order valence-corrected chi connectivity index (χ2v) is 6.44. The van der Waals surface area contributed by atoms with Gasteiger partial charge in [0.25, 0.3) is 0 Å². The third kappa shape index (κ3) is 4.75. The SMILES string of the molecule is C[C@H](CN1CCCC1)C(O)c1ccc(OCCCl)c(Cl)c1. The summed E-state index contributed by atoms with van der Waals surface area (Å²) in [5.74, 6) is 1.21. The molecule has 0 saturated carbocycles. The highest BCUT2D eigenvalue weighted by Gasteiger charge is 2.22. The van der Waals surface area contributed by atoms with Crippen molar-refractivity contribution in [2.75, 3.05) is 32.1 Å².